The van der Waals surface area contributed by atoms with Crippen molar-refractivity contribution < 1.29 is 14.3 Å². The molecule has 1 aromatic heterocycles. The van der Waals surface area contributed by atoms with Crippen molar-refractivity contribution in [2.24, 2.45) is 5.92 Å². The third-order valence-corrected chi connectivity index (χ3v) is 4.08. The monoisotopic (exact) mass is 303 g/mol. The Labute approximate surface area is 127 Å². The van der Waals surface area contributed by atoms with Crippen molar-refractivity contribution in [3.8, 4) is 5.69 Å². The van der Waals surface area contributed by atoms with Crippen LogP contribution in [0.5, 0.6) is 0 Å². The molecule has 3 rings (SSSR count). The summed E-state index contributed by atoms with van der Waals surface area (Å²) in [6, 6.07) is 4.83. The number of imidazole rings is 1. The lowest BCUT2D eigenvalue weighted by molar-refractivity contribution is -0.127. The normalized spacial score (nSPS) is 21.0. The second-order valence-corrected chi connectivity index (χ2v) is 5.58. The summed E-state index contributed by atoms with van der Waals surface area (Å²) >= 11 is 0. The minimum absolute atomic E-state index is 0.163. The molecule has 6 heteroatoms. The van der Waals surface area contributed by atoms with Gasteiger partial charge < -0.3 is 15.0 Å². The molecule has 1 saturated carbocycles. The van der Waals surface area contributed by atoms with Gasteiger partial charge in [0.1, 0.15) is 5.82 Å². The number of hydrogen-bond donors (Lipinski definition) is 2. The molecule has 1 aromatic carbocycles. The molecule has 116 valence electrons. The number of amides is 1. The van der Waals surface area contributed by atoms with E-state index in [2.05, 4.69) is 10.3 Å². The Morgan fingerprint density at radius 2 is 2.32 bits per heavy atom. The second kappa shape index (κ2) is 6.27. The molecule has 0 saturated heterocycles. The predicted molar refractivity (Wildman–Crippen MR) is 78.7 cm³/mol. The second-order valence-electron chi connectivity index (χ2n) is 5.58. The molecule has 5 nitrogen and oxygen atoms in total. The lowest BCUT2D eigenvalue weighted by Gasteiger charge is -2.14. The lowest BCUT2D eigenvalue weighted by Crippen LogP contribution is -2.34. The number of hydrogen-bond acceptors (Lipinski definition) is 3. The van der Waals surface area contributed by atoms with Crippen molar-refractivity contribution in [3.63, 3.8) is 0 Å². The van der Waals surface area contributed by atoms with Gasteiger partial charge in [-0.15, -0.1) is 0 Å². The summed E-state index contributed by atoms with van der Waals surface area (Å²) in [4.78, 5) is 15.9. The maximum atomic E-state index is 14.1. The number of aliphatic hydroxyl groups excluding tert-OH is 1. The number of nitrogens with one attached hydrogen (secondary N) is 1. The minimum Gasteiger partial charge on any atom is -0.392 e. The van der Waals surface area contributed by atoms with E-state index in [0.29, 0.717) is 24.1 Å². The molecular formula is C16H18FN3O2. The predicted octanol–water partition coefficient (Wildman–Crippen LogP) is 1.79. The highest BCUT2D eigenvalue weighted by Crippen LogP contribution is 2.25. The van der Waals surface area contributed by atoms with Crippen LogP contribution in [0.25, 0.3) is 5.69 Å². The van der Waals surface area contributed by atoms with E-state index in [9.17, 15) is 14.3 Å². The zero-order chi connectivity index (χ0) is 15.5. The van der Waals surface area contributed by atoms with E-state index in [4.69, 9.17) is 0 Å². The summed E-state index contributed by atoms with van der Waals surface area (Å²) in [5.41, 5.74) is 1.10. The first kappa shape index (κ1) is 14.7. The van der Waals surface area contributed by atoms with Gasteiger partial charge in [-0.05, 0) is 37.0 Å². The first-order valence-electron chi connectivity index (χ1n) is 7.37. The third-order valence-electron chi connectivity index (χ3n) is 4.08. The van der Waals surface area contributed by atoms with E-state index < -0.39 is 6.10 Å². The first-order chi connectivity index (χ1) is 10.6. The molecule has 0 radical (unpaired) electrons. The molecule has 1 aliphatic carbocycles. The topological polar surface area (TPSA) is 67.2 Å². The molecule has 1 aliphatic rings. The first-order valence-corrected chi connectivity index (χ1v) is 7.37. The molecule has 2 unspecified atom stereocenters. The van der Waals surface area contributed by atoms with E-state index in [1.165, 1.54) is 12.4 Å². The lowest BCUT2D eigenvalue weighted by atomic mass is 10.1. The maximum absolute atomic E-state index is 14.1. The Morgan fingerprint density at radius 3 is 2.95 bits per heavy atom. The summed E-state index contributed by atoms with van der Waals surface area (Å²) in [7, 11) is 0. The van der Waals surface area contributed by atoms with Crippen LogP contribution < -0.4 is 5.32 Å². The largest absolute Gasteiger partial charge is 0.392 e. The number of aromatic nitrogens is 2. The van der Waals surface area contributed by atoms with Crippen LogP contribution in [-0.4, -0.2) is 26.7 Å². The van der Waals surface area contributed by atoms with Crippen molar-refractivity contribution in [2.75, 3.05) is 0 Å². The van der Waals surface area contributed by atoms with Crippen molar-refractivity contribution in [1.29, 1.82) is 0 Å². The van der Waals surface area contributed by atoms with Gasteiger partial charge in [-0.25, -0.2) is 9.37 Å². The van der Waals surface area contributed by atoms with Crippen molar-refractivity contribution in [3.05, 3.63) is 48.3 Å². The summed E-state index contributed by atoms with van der Waals surface area (Å²) < 4.78 is 15.7. The van der Waals surface area contributed by atoms with Crippen LogP contribution in [0.15, 0.2) is 36.9 Å². The Bertz CT molecular complexity index is 657. The fraction of sp³-hybridized carbons (Fsp3) is 0.375. The highest BCUT2D eigenvalue weighted by atomic mass is 19.1. The molecule has 0 bridgehead atoms. The average Bonchev–Trinajstić information content (AvgIpc) is 3.16. The van der Waals surface area contributed by atoms with Gasteiger partial charge in [-0.1, -0.05) is 6.07 Å². The average molecular weight is 303 g/mol. The van der Waals surface area contributed by atoms with E-state index in [0.717, 1.165) is 6.42 Å². The van der Waals surface area contributed by atoms with Gasteiger partial charge in [-0.2, -0.15) is 0 Å². The zero-order valence-electron chi connectivity index (χ0n) is 12.1. The van der Waals surface area contributed by atoms with Gasteiger partial charge in [0.05, 0.1) is 24.0 Å². The summed E-state index contributed by atoms with van der Waals surface area (Å²) in [6.45, 7) is 0.253. The van der Waals surface area contributed by atoms with Crippen LogP contribution in [0.1, 0.15) is 24.8 Å². The van der Waals surface area contributed by atoms with Crippen LogP contribution in [0.3, 0.4) is 0 Å². The number of halogens is 1. The molecule has 0 aliphatic heterocycles. The Hall–Kier alpha value is -2.21. The molecule has 1 fully saturated rings. The summed E-state index contributed by atoms with van der Waals surface area (Å²) in [5, 5.41) is 12.5. The number of nitrogens with zero attached hydrogens (tertiary/aromatic N) is 2. The van der Waals surface area contributed by atoms with Gasteiger partial charge in [0.15, 0.2) is 0 Å². The highest BCUT2D eigenvalue weighted by Gasteiger charge is 2.31. The van der Waals surface area contributed by atoms with Crippen molar-refractivity contribution in [2.45, 2.75) is 31.9 Å². The van der Waals surface area contributed by atoms with Gasteiger partial charge in [0.25, 0.3) is 0 Å². The summed E-state index contributed by atoms with van der Waals surface area (Å²) in [6.07, 6.45) is 6.48. The molecule has 1 heterocycles. The van der Waals surface area contributed by atoms with Gasteiger partial charge in [0.2, 0.25) is 5.91 Å². The van der Waals surface area contributed by atoms with Crippen molar-refractivity contribution >= 4 is 5.91 Å². The highest BCUT2D eigenvalue weighted by molar-refractivity contribution is 5.79. The zero-order valence-corrected chi connectivity index (χ0v) is 12.1. The smallest absolute Gasteiger partial charge is 0.225 e. The molecule has 1 amide bonds. The number of aliphatic hydroxyl groups is 1. The van der Waals surface area contributed by atoms with E-state index in [1.54, 1.807) is 29.1 Å². The quantitative estimate of drug-likeness (QED) is 0.905. The Morgan fingerprint density at radius 1 is 1.45 bits per heavy atom. The maximum Gasteiger partial charge on any atom is 0.225 e. The van der Waals surface area contributed by atoms with Crippen LogP contribution in [-0.2, 0) is 11.3 Å². The van der Waals surface area contributed by atoms with Gasteiger partial charge >= 0.3 is 0 Å². The van der Waals surface area contributed by atoms with E-state index in [-0.39, 0.29) is 24.2 Å². The molecule has 0 spiro atoms. The number of rotatable bonds is 4. The minimum atomic E-state index is -0.555. The molecule has 2 atom stereocenters. The molecule has 2 N–H and O–H groups in total. The number of benzene rings is 1. The van der Waals surface area contributed by atoms with E-state index in [1.807, 2.05) is 0 Å². The summed E-state index contributed by atoms with van der Waals surface area (Å²) in [5.74, 6) is -0.871. The third kappa shape index (κ3) is 3.01. The molecule has 2 aromatic rings. The van der Waals surface area contributed by atoms with E-state index >= 15 is 0 Å². The van der Waals surface area contributed by atoms with Gasteiger partial charge in [-0.3, -0.25) is 4.79 Å². The SMILES string of the molecule is O=C(NCc1ccc(-n2ccnc2)c(F)c1)C1CCCC1O. The Balaban J connectivity index is 1.64. The molecular weight excluding hydrogens is 285 g/mol. The van der Waals surface area contributed by atoms with Crippen LogP contribution >= 0.6 is 0 Å². The van der Waals surface area contributed by atoms with Crippen LogP contribution in [0, 0.1) is 11.7 Å². The van der Waals surface area contributed by atoms with Crippen LogP contribution in [0.2, 0.25) is 0 Å². The fourth-order valence-electron chi connectivity index (χ4n) is 2.84. The van der Waals surface area contributed by atoms with Crippen molar-refractivity contribution in [1.82, 2.24) is 14.9 Å². The fourth-order valence-corrected chi connectivity index (χ4v) is 2.84. The number of carbonyl (C=O) groups excluding carboxylic acids is 1. The van der Waals surface area contributed by atoms with Crippen LogP contribution in [0.4, 0.5) is 4.39 Å². The van der Waals surface area contributed by atoms with Gasteiger partial charge in [0, 0.05) is 18.9 Å². The molecule has 22 heavy (non-hydrogen) atoms. The Kier molecular flexibility index (Phi) is 4.20. The number of carbonyl (C=O) groups is 1. The standard InChI is InChI=1S/C16H18FN3O2/c17-13-8-11(4-5-14(13)20-7-6-18-10-20)9-19-16(22)12-2-1-3-15(12)21/h4-8,10,12,15,21H,1-3,9H2,(H,19,22).